The van der Waals surface area contributed by atoms with Crippen LogP contribution >= 0.6 is 22.6 Å². The van der Waals surface area contributed by atoms with Crippen LogP contribution in [-0.2, 0) is 6.54 Å². The van der Waals surface area contributed by atoms with Gasteiger partial charge in [-0.1, -0.05) is 0 Å². The van der Waals surface area contributed by atoms with E-state index in [-0.39, 0.29) is 11.5 Å². The lowest BCUT2D eigenvalue weighted by Crippen LogP contribution is -2.15. The molecule has 0 saturated carbocycles. The van der Waals surface area contributed by atoms with Gasteiger partial charge in [0.1, 0.15) is 5.82 Å². The monoisotopic (exact) mass is 374 g/mol. The molecule has 0 radical (unpaired) electrons. The van der Waals surface area contributed by atoms with Gasteiger partial charge in [0.25, 0.3) is 5.91 Å². The van der Waals surface area contributed by atoms with Gasteiger partial charge in [-0.2, -0.15) is 5.10 Å². The van der Waals surface area contributed by atoms with E-state index in [4.69, 9.17) is 5.73 Å². The quantitative estimate of drug-likeness (QED) is 0.811. The summed E-state index contributed by atoms with van der Waals surface area (Å²) in [5.41, 5.74) is 6.74. The van der Waals surface area contributed by atoms with Gasteiger partial charge in [0.2, 0.25) is 0 Å². The summed E-state index contributed by atoms with van der Waals surface area (Å²) in [6.07, 6.45) is 1.60. The number of aromatic nitrogens is 2. The summed E-state index contributed by atoms with van der Waals surface area (Å²) in [5.74, 6) is -0.758. The van der Waals surface area contributed by atoms with Crippen LogP contribution in [0, 0.1) is 9.39 Å². The SMILES string of the molecule is CCn1cc(N)c(C(=O)Nc2ccc(F)cc2I)n1. The lowest BCUT2D eigenvalue weighted by molar-refractivity contribution is 0.102. The van der Waals surface area contributed by atoms with Crippen molar-refractivity contribution in [2.75, 3.05) is 11.1 Å². The number of carbonyl (C=O) groups excluding carboxylic acids is 1. The number of hydrogen-bond donors (Lipinski definition) is 2. The number of nitrogen functional groups attached to an aromatic ring is 1. The minimum atomic E-state index is -0.408. The zero-order valence-electron chi connectivity index (χ0n) is 10.2. The van der Waals surface area contributed by atoms with Crippen LogP contribution in [-0.4, -0.2) is 15.7 Å². The standard InChI is InChI=1S/C12H12FIN4O/c1-2-18-6-9(15)11(17-18)12(19)16-10-4-3-7(13)5-8(10)14/h3-6H,2,15H2,1H3,(H,16,19). The third-order valence-corrected chi connectivity index (χ3v) is 3.40. The molecule has 0 aliphatic heterocycles. The number of nitrogens with zero attached hydrogens (tertiary/aromatic N) is 2. The number of hydrogen-bond acceptors (Lipinski definition) is 3. The maximum absolute atomic E-state index is 13.0. The molecule has 1 aromatic heterocycles. The zero-order chi connectivity index (χ0) is 14.0. The summed E-state index contributed by atoms with van der Waals surface area (Å²) in [6, 6.07) is 4.12. The fraction of sp³-hybridized carbons (Fsp3) is 0.167. The number of nitrogens with one attached hydrogen (secondary N) is 1. The van der Waals surface area contributed by atoms with Gasteiger partial charge in [0, 0.05) is 16.3 Å². The summed E-state index contributed by atoms with van der Waals surface area (Å²) in [7, 11) is 0. The van der Waals surface area contributed by atoms with E-state index < -0.39 is 5.91 Å². The molecule has 1 aromatic carbocycles. The number of nitrogens with two attached hydrogens (primary N) is 1. The summed E-state index contributed by atoms with van der Waals surface area (Å²) in [4.78, 5) is 12.0. The van der Waals surface area contributed by atoms with E-state index in [0.29, 0.717) is 21.5 Å². The largest absolute Gasteiger partial charge is 0.396 e. The molecule has 0 aliphatic rings. The molecule has 100 valence electrons. The fourth-order valence-electron chi connectivity index (χ4n) is 1.55. The van der Waals surface area contributed by atoms with Crippen LogP contribution in [0.5, 0.6) is 0 Å². The molecule has 19 heavy (non-hydrogen) atoms. The van der Waals surface area contributed by atoms with Gasteiger partial charge in [-0.15, -0.1) is 0 Å². The van der Waals surface area contributed by atoms with Crippen molar-refractivity contribution >= 4 is 39.9 Å². The lowest BCUT2D eigenvalue weighted by atomic mass is 10.3. The molecule has 0 unspecified atom stereocenters. The molecular weight excluding hydrogens is 362 g/mol. The van der Waals surface area contributed by atoms with E-state index in [1.54, 1.807) is 10.9 Å². The van der Waals surface area contributed by atoms with Crippen molar-refractivity contribution in [3.63, 3.8) is 0 Å². The van der Waals surface area contributed by atoms with E-state index in [1.165, 1.54) is 18.2 Å². The number of anilines is 2. The Morgan fingerprint density at radius 3 is 2.89 bits per heavy atom. The second-order valence-corrected chi connectivity index (χ2v) is 5.03. The van der Waals surface area contributed by atoms with E-state index in [1.807, 2.05) is 29.5 Å². The summed E-state index contributed by atoms with van der Waals surface area (Å²) in [6.45, 7) is 2.53. The summed E-state index contributed by atoms with van der Waals surface area (Å²) >= 11 is 1.95. The van der Waals surface area contributed by atoms with Gasteiger partial charge in [0.05, 0.1) is 11.4 Å². The van der Waals surface area contributed by atoms with Crippen LogP contribution in [0.15, 0.2) is 24.4 Å². The van der Waals surface area contributed by atoms with Crippen molar-refractivity contribution in [2.24, 2.45) is 0 Å². The molecule has 0 saturated heterocycles. The molecule has 1 heterocycles. The topological polar surface area (TPSA) is 72.9 Å². The molecular formula is C12H12FIN4O. The third-order valence-electron chi connectivity index (χ3n) is 2.51. The average molecular weight is 374 g/mol. The number of carbonyl (C=O) groups is 1. The van der Waals surface area contributed by atoms with Crippen LogP contribution in [0.3, 0.4) is 0 Å². The second-order valence-electron chi connectivity index (χ2n) is 3.87. The number of amides is 1. The molecule has 0 aliphatic carbocycles. The van der Waals surface area contributed by atoms with Crippen LogP contribution < -0.4 is 11.1 Å². The molecule has 5 nitrogen and oxygen atoms in total. The van der Waals surface area contributed by atoms with Crippen molar-refractivity contribution in [1.29, 1.82) is 0 Å². The van der Waals surface area contributed by atoms with Crippen LogP contribution in [0.1, 0.15) is 17.4 Å². The minimum absolute atomic E-state index is 0.168. The van der Waals surface area contributed by atoms with E-state index >= 15 is 0 Å². The highest BCUT2D eigenvalue weighted by atomic mass is 127. The van der Waals surface area contributed by atoms with Gasteiger partial charge in [-0.25, -0.2) is 4.39 Å². The van der Waals surface area contributed by atoms with Crippen LogP contribution in [0.2, 0.25) is 0 Å². The Kier molecular flexibility index (Phi) is 4.03. The number of rotatable bonds is 3. The van der Waals surface area contributed by atoms with Crippen molar-refractivity contribution in [3.8, 4) is 0 Å². The fourth-order valence-corrected chi connectivity index (χ4v) is 2.16. The van der Waals surface area contributed by atoms with Crippen LogP contribution in [0.4, 0.5) is 15.8 Å². The second kappa shape index (κ2) is 5.55. The van der Waals surface area contributed by atoms with Crippen molar-refractivity contribution in [1.82, 2.24) is 9.78 Å². The van der Waals surface area contributed by atoms with Gasteiger partial charge < -0.3 is 11.1 Å². The average Bonchev–Trinajstić information content (AvgIpc) is 2.74. The van der Waals surface area contributed by atoms with Crippen molar-refractivity contribution in [2.45, 2.75) is 13.5 Å². The maximum atomic E-state index is 13.0. The van der Waals surface area contributed by atoms with Gasteiger partial charge in [-0.05, 0) is 47.7 Å². The predicted octanol–water partition coefficient (Wildman–Crippen LogP) is 2.48. The van der Waals surface area contributed by atoms with Crippen molar-refractivity contribution < 1.29 is 9.18 Å². The van der Waals surface area contributed by atoms with E-state index in [9.17, 15) is 9.18 Å². The van der Waals surface area contributed by atoms with E-state index in [2.05, 4.69) is 10.4 Å². The zero-order valence-corrected chi connectivity index (χ0v) is 12.3. The van der Waals surface area contributed by atoms with Crippen LogP contribution in [0.25, 0.3) is 0 Å². The van der Waals surface area contributed by atoms with Gasteiger partial charge >= 0.3 is 0 Å². The third kappa shape index (κ3) is 3.03. The molecule has 1 amide bonds. The molecule has 7 heteroatoms. The normalized spacial score (nSPS) is 10.5. The summed E-state index contributed by atoms with van der Waals surface area (Å²) < 4.78 is 15.2. The Morgan fingerprint density at radius 1 is 1.58 bits per heavy atom. The highest BCUT2D eigenvalue weighted by Gasteiger charge is 2.15. The number of aryl methyl sites for hydroxylation is 1. The molecule has 2 rings (SSSR count). The first-order valence-corrected chi connectivity index (χ1v) is 6.68. The Bertz CT molecular complexity index is 626. The minimum Gasteiger partial charge on any atom is -0.396 e. The van der Waals surface area contributed by atoms with Gasteiger partial charge in [0.15, 0.2) is 5.69 Å². The van der Waals surface area contributed by atoms with Crippen molar-refractivity contribution in [3.05, 3.63) is 39.5 Å². The van der Waals surface area contributed by atoms with E-state index in [0.717, 1.165) is 0 Å². The first kappa shape index (κ1) is 13.8. The smallest absolute Gasteiger partial charge is 0.278 e. The highest BCUT2D eigenvalue weighted by molar-refractivity contribution is 14.1. The molecule has 0 bridgehead atoms. The molecule has 0 fully saturated rings. The first-order valence-electron chi connectivity index (χ1n) is 5.60. The molecule has 0 spiro atoms. The first-order chi connectivity index (χ1) is 9.01. The maximum Gasteiger partial charge on any atom is 0.278 e. The predicted molar refractivity (Wildman–Crippen MR) is 79.4 cm³/mol. The highest BCUT2D eigenvalue weighted by Crippen LogP contribution is 2.20. The number of benzene rings is 1. The Morgan fingerprint density at radius 2 is 2.32 bits per heavy atom. The molecule has 0 atom stereocenters. The lowest BCUT2D eigenvalue weighted by Gasteiger charge is -2.06. The van der Waals surface area contributed by atoms with Gasteiger partial charge in [-0.3, -0.25) is 9.48 Å². The Labute approximate surface area is 123 Å². The molecule has 2 aromatic rings. The molecule has 3 N–H and O–H groups in total. The Hall–Kier alpha value is -1.64. The number of halogens is 2. The Balaban J connectivity index is 2.23. The summed E-state index contributed by atoms with van der Waals surface area (Å²) in [5, 5.41) is 6.74.